The van der Waals surface area contributed by atoms with Crippen LogP contribution in [-0.4, -0.2) is 70.8 Å². The highest BCUT2D eigenvalue weighted by Crippen LogP contribution is 2.47. The second kappa shape index (κ2) is 9.30. The van der Waals surface area contributed by atoms with Crippen molar-refractivity contribution in [3.8, 4) is 12.1 Å². The third-order valence-electron chi connectivity index (χ3n) is 7.04. The molecule has 1 saturated heterocycles. The topological polar surface area (TPSA) is 113 Å². The zero-order valence-electron chi connectivity index (χ0n) is 20.7. The molecule has 0 saturated carbocycles. The SMILES string of the molecule is C[C@@H]1CN(c2ncnc3c2C(C)(C)CN3c2cc(C#N)ccn2)[C@@H](C)CN1C(=O)C(C#N)(CF)CF. The molecule has 2 aromatic heterocycles. The van der Waals surface area contributed by atoms with Crippen molar-refractivity contribution in [1.29, 1.82) is 10.5 Å². The van der Waals surface area contributed by atoms with Gasteiger partial charge in [-0.15, -0.1) is 0 Å². The highest BCUT2D eigenvalue weighted by atomic mass is 19.1. The number of carbonyl (C=O) groups excluding carboxylic acids is 1. The van der Waals surface area contributed by atoms with Crippen molar-refractivity contribution in [1.82, 2.24) is 19.9 Å². The number of nitrogens with zero attached hydrogens (tertiary/aromatic N) is 8. The first-order valence-electron chi connectivity index (χ1n) is 11.7. The van der Waals surface area contributed by atoms with Crippen LogP contribution in [0.3, 0.4) is 0 Å². The molecule has 11 heteroatoms. The molecule has 4 heterocycles. The van der Waals surface area contributed by atoms with Gasteiger partial charge in [-0.05, 0) is 26.0 Å². The van der Waals surface area contributed by atoms with Crippen LogP contribution in [0.5, 0.6) is 0 Å². The van der Waals surface area contributed by atoms with Gasteiger partial charge in [0.25, 0.3) is 0 Å². The molecule has 4 rings (SSSR count). The number of alkyl halides is 2. The molecule has 2 aliphatic rings. The molecule has 0 radical (unpaired) electrons. The summed E-state index contributed by atoms with van der Waals surface area (Å²) in [5, 5.41) is 18.7. The third kappa shape index (κ3) is 3.98. The summed E-state index contributed by atoms with van der Waals surface area (Å²) < 4.78 is 27.2. The van der Waals surface area contributed by atoms with Crippen LogP contribution in [0.15, 0.2) is 24.7 Å². The van der Waals surface area contributed by atoms with Crippen LogP contribution in [-0.2, 0) is 10.2 Å². The molecule has 0 spiro atoms. The summed E-state index contributed by atoms with van der Waals surface area (Å²) >= 11 is 0. The molecule has 188 valence electrons. The van der Waals surface area contributed by atoms with E-state index in [2.05, 4.69) is 39.8 Å². The van der Waals surface area contributed by atoms with Crippen LogP contribution in [0.4, 0.5) is 26.2 Å². The molecular weight excluding hydrogens is 466 g/mol. The lowest BCUT2D eigenvalue weighted by Gasteiger charge is -2.46. The summed E-state index contributed by atoms with van der Waals surface area (Å²) in [5.41, 5.74) is -1.24. The molecule has 0 unspecified atom stereocenters. The Balaban J connectivity index is 1.69. The number of piperazine rings is 1. The van der Waals surface area contributed by atoms with Crippen LogP contribution < -0.4 is 9.80 Å². The van der Waals surface area contributed by atoms with E-state index < -0.39 is 30.7 Å². The molecule has 2 atom stereocenters. The van der Waals surface area contributed by atoms with Crippen molar-refractivity contribution in [2.45, 2.75) is 45.2 Å². The standard InChI is InChI=1S/C25H28F2N8O/c1-16-10-34(23(36)25(11-26,12-27)13-29)17(2)9-33(16)21-20-22(32-15-31-21)35(14-24(20,3)4)19-7-18(8-28)5-6-30-19/h5-7,15-17H,9-12,14H2,1-4H3/t16-,17+/m0/s1. The van der Waals surface area contributed by atoms with Crippen LogP contribution >= 0.6 is 0 Å². The molecule has 2 aromatic rings. The van der Waals surface area contributed by atoms with E-state index in [0.29, 0.717) is 30.3 Å². The first-order chi connectivity index (χ1) is 17.1. The number of pyridine rings is 1. The Bertz CT molecular complexity index is 1250. The van der Waals surface area contributed by atoms with E-state index in [4.69, 9.17) is 0 Å². The second-order valence-corrected chi connectivity index (χ2v) is 10.1. The number of aromatic nitrogens is 3. The number of halogens is 2. The first-order valence-corrected chi connectivity index (χ1v) is 11.7. The van der Waals surface area contributed by atoms with E-state index in [-0.39, 0.29) is 18.0 Å². The molecule has 0 aliphatic carbocycles. The van der Waals surface area contributed by atoms with Gasteiger partial charge < -0.3 is 14.7 Å². The first kappa shape index (κ1) is 25.2. The predicted octanol–water partition coefficient (Wildman–Crippen LogP) is 3.05. The van der Waals surface area contributed by atoms with Gasteiger partial charge in [0.2, 0.25) is 5.91 Å². The van der Waals surface area contributed by atoms with E-state index in [1.54, 1.807) is 31.3 Å². The zero-order chi connectivity index (χ0) is 26.3. The van der Waals surface area contributed by atoms with Crippen molar-refractivity contribution in [2.24, 2.45) is 5.41 Å². The van der Waals surface area contributed by atoms with Gasteiger partial charge >= 0.3 is 0 Å². The van der Waals surface area contributed by atoms with Crippen LogP contribution in [0.25, 0.3) is 0 Å². The number of nitriles is 2. The normalized spacial score (nSPS) is 21.1. The fourth-order valence-electron chi connectivity index (χ4n) is 5.01. The van der Waals surface area contributed by atoms with Crippen LogP contribution in [0.1, 0.15) is 38.8 Å². The lowest BCUT2D eigenvalue weighted by Crippen LogP contribution is -2.61. The lowest BCUT2D eigenvalue weighted by molar-refractivity contribution is -0.143. The second-order valence-electron chi connectivity index (χ2n) is 10.1. The van der Waals surface area contributed by atoms with Gasteiger partial charge in [0.15, 0.2) is 5.41 Å². The van der Waals surface area contributed by atoms with E-state index in [1.807, 2.05) is 11.8 Å². The Morgan fingerprint density at radius 1 is 1.14 bits per heavy atom. The largest absolute Gasteiger partial charge is 0.350 e. The summed E-state index contributed by atoms with van der Waals surface area (Å²) in [6, 6.07) is 6.43. The Morgan fingerprint density at radius 2 is 1.83 bits per heavy atom. The molecule has 0 bridgehead atoms. The van der Waals surface area contributed by atoms with Crippen molar-refractivity contribution >= 4 is 23.4 Å². The number of rotatable bonds is 5. The van der Waals surface area contributed by atoms with Gasteiger partial charge in [-0.1, -0.05) is 13.8 Å². The Kier molecular flexibility index (Phi) is 6.52. The highest BCUT2D eigenvalue weighted by Gasteiger charge is 2.47. The Hall–Kier alpha value is -3.86. The quantitative estimate of drug-likeness (QED) is 0.623. The van der Waals surface area contributed by atoms with Crippen molar-refractivity contribution < 1.29 is 13.6 Å². The molecule has 2 aliphatic heterocycles. The van der Waals surface area contributed by atoms with Crippen molar-refractivity contribution in [3.63, 3.8) is 0 Å². The van der Waals surface area contributed by atoms with Crippen molar-refractivity contribution in [3.05, 3.63) is 35.8 Å². The molecule has 0 N–H and O–H groups in total. The summed E-state index contributed by atoms with van der Waals surface area (Å²) in [4.78, 5) is 32.1. The highest BCUT2D eigenvalue weighted by molar-refractivity contribution is 5.86. The molecule has 0 aromatic carbocycles. The number of carbonyl (C=O) groups is 1. The Labute approximate surface area is 209 Å². The molecule has 1 amide bonds. The summed E-state index contributed by atoms with van der Waals surface area (Å²) in [7, 11) is 0. The van der Waals surface area contributed by atoms with Gasteiger partial charge in [0.1, 0.15) is 37.1 Å². The van der Waals surface area contributed by atoms with Crippen LogP contribution in [0, 0.1) is 28.1 Å². The van der Waals surface area contributed by atoms with E-state index in [1.165, 1.54) is 11.2 Å². The zero-order valence-corrected chi connectivity index (χ0v) is 20.7. The lowest BCUT2D eigenvalue weighted by atomic mass is 9.87. The fraction of sp³-hybridized carbons (Fsp3) is 0.520. The summed E-state index contributed by atoms with van der Waals surface area (Å²) in [6.07, 6.45) is 3.08. The van der Waals surface area contributed by atoms with Gasteiger partial charge in [-0.2, -0.15) is 10.5 Å². The third-order valence-corrected chi connectivity index (χ3v) is 7.04. The minimum absolute atomic E-state index is 0.193. The maximum atomic E-state index is 13.6. The van der Waals surface area contributed by atoms with Crippen molar-refractivity contribution in [2.75, 3.05) is 42.8 Å². The number of hydrogen-bond donors (Lipinski definition) is 0. The van der Waals surface area contributed by atoms with Crippen LogP contribution in [0.2, 0.25) is 0 Å². The summed E-state index contributed by atoms with van der Waals surface area (Å²) in [6.45, 7) is 6.29. The molecule has 9 nitrogen and oxygen atoms in total. The fourth-order valence-corrected chi connectivity index (χ4v) is 5.01. The minimum Gasteiger partial charge on any atom is -0.350 e. The number of amides is 1. The summed E-state index contributed by atoms with van der Waals surface area (Å²) in [5.74, 6) is 1.21. The van der Waals surface area contributed by atoms with E-state index in [9.17, 15) is 24.1 Å². The average Bonchev–Trinajstić information content (AvgIpc) is 3.17. The average molecular weight is 495 g/mol. The maximum absolute atomic E-state index is 13.6. The maximum Gasteiger partial charge on any atom is 0.248 e. The van der Waals surface area contributed by atoms with Gasteiger partial charge in [0.05, 0.1) is 17.7 Å². The number of anilines is 3. The number of hydrogen-bond acceptors (Lipinski definition) is 8. The van der Waals surface area contributed by atoms with E-state index >= 15 is 0 Å². The van der Waals surface area contributed by atoms with E-state index in [0.717, 1.165) is 11.4 Å². The monoisotopic (exact) mass is 494 g/mol. The minimum atomic E-state index is -2.31. The Morgan fingerprint density at radius 3 is 2.47 bits per heavy atom. The molecular formula is C25H28F2N8O. The van der Waals surface area contributed by atoms with Gasteiger partial charge in [-0.25, -0.2) is 23.7 Å². The number of fused-ring (bicyclic) bond motifs is 1. The smallest absolute Gasteiger partial charge is 0.248 e. The molecule has 1 fully saturated rings. The predicted molar refractivity (Wildman–Crippen MR) is 129 cm³/mol. The molecule has 36 heavy (non-hydrogen) atoms. The van der Waals surface area contributed by atoms with Gasteiger partial charge in [-0.3, -0.25) is 4.79 Å². The van der Waals surface area contributed by atoms with Gasteiger partial charge in [0, 0.05) is 48.9 Å².